The smallest absolute Gasteiger partial charge is 0.259 e. The third-order valence-electron chi connectivity index (χ3n) is 4.96. The molecule has 158 valence electrons. The maximum atomic E-state index is 14.2. The van der Waals surface area contributed by atoms with Crippen LogP contribution < -0.4 is 10.9 Å². The monoisotopic (exact) mass is 532 g/mol. The fourth-order valence-corrected chi connectivity index (χ4v) is 3.66. The van der Waals surface area contributed by atoms with Gasteiger partial charge in [0.25, 0.3) is 5.56 Å². The van der Waals surface area contributed by atoms with Crippen LogP contribution in [0.5, 0.6) is 0 Å². The molecular weight excluding hydrogens is 513 g/mol. The van der Waals surface area contributed by atoms with Crippen LogP contribution in [0.25, 0.3) is 0 Å². The molecule has 8 heteroatoms. The predicted octanol–water partition coefficient (Wildman–Crippen LogP) is 5.55. The van der Waals surface area contributed by atoms with Gasteiger partial charge in [-0.05, 0) is 31.5 Å². The standard InChI is InChI=1S/C23H19F2IN4O/c1-23(2,12-27)15-8-6-13(7-9-15)19(28)18-20(14(10-26)11-29-22(18)31)30-21-16(24)4-3-5-17(21)25/h3-9,11,28H,10H2,1-2H3,(H2,29,30,31). The molecule has 2 aromatic carbocycles. The SMILES string of the molecule is CC(C)(C#N)c1ccc(C(=N)c2c(Nc3c(F)cccc3F)c(CI)c[nH]c2=O)cc1. The van der Waals surface area contributed by atoms with Crippen molar-refractivity contribution in [2.75, 3.05) is 5.32 Å². The largest absolute Gasteiger partial charge is 0.350 e. The van der Waals surface area contributed by atoms with Crippen LogP contribution in [0.2, 0.25) is 0 Å². The lowest BCUT2D eigenvalue weighted by molar-refractivity contribution is 0.590. The fourth-order valence-electron chi connectivity index (χ4n) is 3.06. The second-order valence-electron chi connectivity index (χ2n) is 7.44. The van der Waals surface area contributed by atoms with Crippen molar-refractivity contribution in [3.05, 3.63) is 92.9 Å². The summed E-state index contributed by atoms with van der Waals surface area (Å²) >= 11 is 2.07. The highest BCUT2D eigenvalue weighted by molar-refractivity contribution is 14.1. The van der Waals surface area contributed by atoms with Crippen LogP contribution in [0, 0.1) is 28.4 Å². The van der Waals surface area contributed by atoms with E-state index >= 15 is 0 Å². The number of aromatic amines is 1. The highest BCUT2D eigenvalue weighted by Gasteiger charge is 2.22. The molecule has 0 amide bonds. The van der Waals surface area contributed by atoms with Crippen molar-refractivity contribution in [3.8, 4) is 6.07 Å². The van der Waals surface area contributed by atoms with Gasteiger partial charge in [-0.2, -0.15) is 5.26 Å². The Morgan fingerprint density at radius 2 is 1.77 bits per heavy atom. The van der Waals surface area contributed by atoms with E-state index in [1.165, 1.54) is 12.3 Å². The van der Waals surface area contributed by atoms with Crippen LogP contribution >= 0.6 is 22.6 Å². The second-order valence-corrected chi connectivity index (χ2v) is 8.20. The molecule has 1 aromatic heterocycles. The number of benzene rings is 2. The van der Waals surface area contributed by atoms with Gasteiger partial charge in [-0.25, -0.2) is 8.78 Å². The van der Waals surface area contributed by atoms with Gasteiger partial charge >= 0.3 is 0 Å². The van der Waals surface area contributed by atoms with E-state index in [0.717, 1.165) is 17.7 Å². The second kappa shape index (κ2) is 8.98. The molecule has 0 fully saturated rings. The number of nitrogens with one attached hydrogen (secondary N) is 3. The van der Waals surface area contributed by atoms with Gasteiger partial charge in [0.1, 0.15) is 17.3 Å². The number of alkyl halides is 1. The van der Waals surface area contributed by atoms with E-state index in [9.17, 15) is 18.8 Å². The Balaban J connectivity index is 2.12. The quantitative estimate of drug-likeness (QED) is 0.221. The van der Waals surface area contributed by atoms with E-state index in [-0.39, 0.29) is 22.6 Å². The lowest BCUT2D eigenvalue weighted by Gasteiger charge is -2.18. The highest BCUT2D eigenvalue weighted by atomic mass is 127. The first-order valence-corrected chi connectivity index (χ1v) is 10.8. The Labute approximate surface area is 191 Å². The summed E-state index contributed by atoms with van der Waals surface area (Å²) in [6.45, 7) is 3.57. The Bertz CT molecular complexity index is 1220. The molecule has 3 N–H and O–H groups in total. The molecule has 3 rings (SSSR count). The average Bonchev–Trinajstić information content (AvgIpc) is 2.76. The maximum absolute atomic E-state index is 14.2. The molecule has 0 atom stereocenters. The zero-order chi connectivity index (χ0) is 22.8. The zero-order valence-electron chi connectivity index (χ0n) is 16.8. The molecule has 31 heavy (non-hydrogen) atoms. The molecule has 1 heterocycles. The summed E-state index contributed by atoms with van der Waals surface area (Å²) in [6, 6.07) is 12.5. The number of nitrogens with zero attached hydrogens (tertiary/aromatic N) is 1. The lowest BCUT2D eigenvalue weighted by atomic mass is 9.85. The van der Waals surface area contributed by atoms with Crippen LogP contribution in [0.4, 0.5) is 20.2 Å². The van der Waals surface area contributed by atoms with Gasteiger partial charge in [0.15, 0.2) is 0 Å². The van der Waals surface area contributed by atoms with Gasteiger partial charge in [-0.1, -0.05) is 52.9 Å². The van der Waals surface area contributed by atoms with Crippen LogP contribution in [0.15, 0.2) is 53.5 Å². The number of H-pyrrole nitrogens is 1. The first-order valence-electron chi connectivity index (χ1n) is 9.32. The Morgan fingerprint density at radius 1 is 1.16 bits per heavy atom. The van der Waals surface area contributed by atoms with Gasteiger partial charge in [0, 0.05) is 21.8 Å². The number of rotatable bonds is 6. The molecule has 0 radical (unpaired) electrons. The van der Waals surface area contributed by atoms with Gasteiger partial charge in [-0.3, -0.25) is 10.2 Å². The normalized spacial score (nSPS) is 11.1. The first kappa shape index (κ1) is 22.6. The molecule has 0 aliphatic carbocycles. The van der Waals surface area contributed by atoms with E-state index < -0.39 is 22.6 Å². The molecule has 5 nitrogen and oxygen atoms in total. The summed E-state index contributed by atoms with van der Waals surface area (Å²) in [4.78, 5) is 15.3. The summed E-state index contributed by atoms with van der Waals surface area (Å²) in [5, 5.41) is 20.7. The molecule has 0 unspecified atom stereocenters. The molecular formula is C23H19F2IN4O. The van der Waals surface area contributed by atoms with Crippen molar-refractivity contribution in [2.45, 2.75) is 23.7 Å². The number of aromatic nitrogens is 1. The molecule has 0 spiro atoms. The molecule has 0 bridgehead atoms. The van der Waals surface area contributed by atoms with Crippen LogP contribution in [-0.4, -0.2) is 10.7 Å². The molecule has 0 saturated carbocycles. The number of halogens is 3. The van der Waals surface area contributed by atoms with Gasteiger partial charge in [-0.15, -0.1) is 0 Å². The number of anilines is 2. The van der Waals surface area contributed by atoms with E-state index in [0.29, 0.717) is 15.6 Å². The minimum Gasteiger partial charge on any atom is -0.350 e. The third kappa shape index (κ3) is 4.51. The summed E-state index contributed by atoms with van der Waals surface area (Å²) in [7, 11) is 0. The Morgan fingerprint density at radius 3 is 2.32 bits per heavy atom. The van der Waals surface area contributed by atoms with Gasteiger partial charge in [0.2, 0.25) is 0 Å². The van der Waals surface area contributed by atoms with Crippen molar-refractivity contribution in [1.82, 2.24) is 4.98 Å². The summed E-state index contributed by atoms with van der Waals surface area (Å²) < 4.78 is 28.9. The van der Waals surface area contributed by atoms with Crippen LogP contribution in [0.1, 0.15) is 36.1 Å². The summed E-state index contributed by atoms with van der Waals surface area (Å²) in [5.74, 6) is -1.61. The van der Waals surface area contributed by atoms with Gasteiger partial charge in [0.05, 0.1) is 28.4 Å². The number of hydrogen-bond donors (Lipinski definition) is 3. The highest BCUT2D eigenvalue weighted by Crippen LogP contribution is 2.30. The predicted molar refractivity (Wildman–Crippen MR) is 125 cm³/mol. The average molecular weight is 532 g/mol. The first-order chi connectivity index (χ1) is 14.7. The number of nitriles is 1. The van der Waals surface area contributed by atoms with Crippen LogP contribution in [-0.2, 0) is 9.84 Å². The maximum Gasteiger partial charge on any atom is 0.259 e. The third-order valence-corrected chi connectivity index (χ3v) is 5.78. The molecule has 0 aliphatic heterocycles. The molecule has 3 aromatic rings. The van der Waals surface area contributed by atoms with Crippen LogP contribution in [0.3, 0.4) is 0 Å². The van der Waals surface area contributed by atoms with Crippen molar-refractivity contribution in [1.29, 1.82) is 10.7 Å². The van der Waals surface area contributed by atoms with E-state index in [2.05, 4.69) is 39.0 Å². The fraction of sp³-hybridized carbons (Fsp3) is 0.174. The van der Waals surface area contributed by atoms with Crippen molar-refractivity contribution >= 4 is 39.7 Å². The topological polar surface area (TPSA) is 92.5 Å². The summed E-state index contributed by atoms with van der Waals surface area (Å²) in [6.07, 6.45) is 1.46. The Hall–Kier alpha value is -3.06. The molecule has 0 aliphatic rings. The zero-order valence-corrected chi connectivity index (χ0v) is 19.0. The molecule has 0 saturated heterocycles. The van der Waals surface area contributed by atoms with Crippen molar-refractivity contribution in [2.24, 2.45) is 0 Å². The van der Waals surface area contributed by atoms with E-state index in [4.69, 9.17) is 5.41 Å². The minimum atomic E-state index is -0.805. The Kier molecular flexibility index (Phi) is 6.55. The van der Waals surface area contributed by atoms with Gasteiger partial charge < -0.3 is 10.3 Å². The van der Waals surface area contributed by atoms with E-state index in [1.54, 1.807) is 38.1 Å². The minimum absolute atomic E-state index is 0.0240. The van der Waals surface area contributed by atoms with E-state index in [1.807, 2.05) is 0 Å². The van der Waals surface area contributed by atoms with Crippen molar-refractivity contribution in [3.63, 3.8) is 0 Å². The number of pyridine rings is 1. The number of para-hydroxylation sites is 1. The summed E-state index contributed by atoms with van der Waals surface area (Å²) in [5.41, 5.74) is 0.197. The number of hydrogen-bond acceptors (Lipinski definition) is 4. The lowest BCUT2D eigenvalue weighted by Crippen LogP contribution is -2.22. The van der Waals surface area contributed by atoms with Crippen molar-refractivity contribution < 1.29 is 8.78 Å².